The first-order chi connectivity index (χ1) is 9.94. The first-order valence-electron chi connectivity index (χ1n) is 7.54. The van der Waals surface area contributed by atoms with Crippen molar-refractivity contribution in [3.63, 3.8) is 0 Å². The van der Waals surface area contributed by atoms with Crippen molar-refractivity contribution in [2.24, 2.45) is 5.41 Å². The van der Waals surface area contributed by atoms with Crippen LogP contribution in [0.2, 0.25) is 0 Å². The molecule has 0 spiro atoms. The Labute approximate surface area is 125 Å². The summed E-state index contributed by atoms with van der Waals surface area (Å²) in [4.78, 5) is 11.4. The minimum atomic E-state index is -0.638. The molecule has 21 heavy (non-hydrogen) atoms. The van der Waals surface area contributed by atoms with Crippen LogP contribution in [0.3, 0.4) is 0 Å². The van der Waals surface area contributed by atoms with Crippen LogP contribution in [0.5, 0.6) is 0 Å². The fourth-order valence-corrected chi connectivity index (χ4v) is 3.06. The SMILES string of the molecule is COC(=O)c1ccc(CNC2CCCCC2(C)C)cc1F. The molecule has 1 N–H and O–H groups in total. The summed E-state index contributed by atoms with van der Waals surface area (Å²) in [6, 6.07) is 5.13. The molecule has 1 aliphatic rings. The Balaban J connectivity index is 2.00. The number of carbonyl (C=O) groups excluding carboxylic acids is 1. The summed E-state index contributed by atoms with van der Waals surface area (Å²) in [6.07, 6.45) is 4.92. The van der Waals surface area contributed by atoms with Gasteiger partial charge in [0.15, 0.2) is 0 Å². The van der Waals surface area contributed by atoms with Gasteiger partial charge in [-0.2, -0.15) is 0 Å². The van der Waals surface area contributed by atoms with E-state index in [1.165, 1.54) is 38.5 Å². The van der Waals surface area contributed by atoms with E-state index in [0.717, 1.165) is 12.0 Å². The number of carbonyl (C=O) groups is 1. The largest absolute Gasteiger partial charge is 0.465 e. The molecule has 1 aliphatic carbocycles. The maximum atomic E-state index is 13.9. The van der Waals surface area contributed by atoms with E-state index in [0.29, 0.717) is 12.6 Å². The molecular formula is C17H24FNO2. The number of benzene rings is 1. The van der Waals surface area contributed by atoms with Crippen LogP contribution in [-0.4, -0.2) is 19.1 Å². The first kappa shape index (κ1) is 16.0. The molecule has 0 aromatic heterocycles. The van der Waals surface area contributed by atoms with Crippen LogP contribution in [0.15, 0.2) is 18.2 Å². The second-order valence-corrected chi connectivity index (χ2v) is 6.47. The lowest BCUT2D eigenvalue weighted by Gasteiger charge is -2.39. The number of halogens is 1. The highest BCUT2D eigenvalue weighted by atomic mass is 19.1. The molecule has 2 rings (SSSR count). The average molecular weight is 293 g/mol. The summed E-state index contributed by atoms with van der Waals surface area (Å²) in [7, 11) is 1.25. The van der Waals surface area contributed by atoms with E-state index in [-0.39, 0.29) is 11.0 Å². The Morgan fingerprint density at radius 1 is 1.43 bits per heavy atom. The molecule has 1 saturated carbocycles. The third-order valence-corrected chi connectivity index (χ3v) is 4.50. The van der Waals surface area contributed by atoms with Gasteiger partial charge in [0, 0.05) is 12.6 Å². The molecular weight excluding hydrogens is 269 g/mol. The second-order valence-electron chi connectivity index (χ2n) is 6.47. The van der Waals surface area contributed by atoms with E-state index in [9.17, 15) is 9.18 Å². The predicted molar refractivity (Wildman–Crippen MR) is 80.6 cm³/mol. The molecule has 0 saturated heterocycles. The van der Waals surface area contributed by atoms with Gasteiger partial charge in [-0.3, -0.25) is 0 Å². The van der Waals surface area contributed by atoms with Crippen molar-refractivity contribution in [2.75, 3.05) is 7.11 Å². The van der Waals surface area contributed by atoms with Crippen molar-refractivity contribution in [3.05, 3.63) is 35.1 Å². The van der Waals surface area contributed by atoms with Crippen LogP contribution in [0.1, 0.15) is 55.5 Å². The third-order valence-electron chi connectivity index (χ3n) is 4.50. The van der Waals surface area contributed by atoms with E-state index in [2.05, 4.69) is 23.9 Å². The van der Waals surface area contributed by atoms with Crippen LogP contribution in [-0.2, 0) is 11.3 Å². The fraction of sp³-hybridized carbons (Fsp3) is 0.588. The van der Waals surface area contributed by atoms with E-state index < -0.39 is 11.8 Å². The zero-order valence-corrected chi connectivity index (χ0v) is 13.0. The maximum Gasteiger partial charge on any atom is 0.340 e. The van der Waals surface area contributed by atoms with Crippen molar-refractivity contribution >= 4 is 5.97 Å². The van der Waals surface area contributed by atoms with Crippen LogP contribution >= 0.6 is 0 Å². The monoisotopic (exact) mass is 293 g/mol. The van der Waals surface area contributed by atoms with Gasteiger partial charge in [0.2, 0.25) is 0 Å². The Bertz CT molecular complexity index is 514. The van der Waals surface area contributed by atoms with Crippen molar-refractivity contribution in [1.29, 1.82) is 0 Å². The fourth-order valence-electron chi connectivity index (χ4n) is 3.06. The predicted octanol–water partition coefficient (Wildman–Crippen LogP) is 3.67. The topological polar surface area (TPSA) is 38.3 Å². The molecule has 116 valence electrons. The standard InChI is InChI=1S/C17H24FNO2/c1-17(2)9-5-4-6-15(17)19-11-12-7-8-13(14(18)10-12)16(20)21-3/h7-8,10,15,19H,4-6,9,11H2,1-3H3. The van der Waals surface area contributed by atoms with Crippen LogP contribution < -0.4 is 5.32 Å². The van der Waals surface area contributed by atoms with Gasteiger partial charge >= 0.3 is 5.97 Å². The van der Waals surface area contributed by atoms with Crippen LogP contribution in [0, 0.1) is 11.2 Å². The van der Waals surface area contributed by atoms with Crippen molar-refractivity contribution in [2.45, 2.75) is 52.1 Å². The minimum Gasteiger partial charge on any atom is -0.465 e. The molecule has 0 aliphatic heterocycles. The van der Waals surface area contributed by atoms with Gasteiger partial charge in [0.25, 0.3) is 0 Å². The number of nitrogens with one attached hydrogen (secondary N) is 1. The summed E-state index contributed by atoms with van der Waals surface area (Å²) >= 11 is 0. The Hall–Kier alpha value is -1.42. The molecule has 1 fully saturated rings. The molecule has 1 atom stereocenters. The van der Waals surface area contributed by atoms with E-state index in [1.54, 1.807) is 6.07 Å². The lowest BCUT2D eigenvalue weighted by atomic mass is 9.73. The molecule has 0 heterocycles. The number of ether oxygens (including phenoxy) is 1. The van der Waals surface area contributed by atoms with Gasteiger partial charge in [-0.15, -0.1) is 0 Å². The molecule has 0 bridgehead atoms. The highest BCUT2D eigenvalue weighted by Crippen LogP contribution is 2.35. The number of hydrogen-bond donors (Lipinski definition) is 1. The molecule has 1 unspecified atom stereocenters. The van der Waals surface area contributed by atoms with Gasteiger partial charge in [0.1, 0.15) is 5.82 Å². The van der Waals surface area contributed by atoms with Gasteiger partial charge < -0.3 is 10.1 Å². The quantitative estimate of drug-likeness (QED) is 0.861. The van der Waals surface area contributed by atoms with Gasteiger partial charge in [-0.25, -0.2) is 9.18 Å². The number of methoxy groups -OCH3 is 1. The number of hydrogen-bond acceptors (Lipinski definition) is 3. The van der Waals surface area contributed by atoms with E-state index >= 15 is 0 Å². The summed E-state index contributed by atoms with van der Waals surface area (Å²) in [5.74, 6) is -1.16. The Morgan fingerprint density at radius 2 is 2.19 bits per heavy atom. The highest BCUT2D eigenvalue weighted by molar-refractivity contribution is 5.89. The average Bonchev–Trinajstić information content (AvgIpc) is 2.45. The lowest BCUT2D eigenvalue weighted by molar-refractivity contribution is 0.0595. The number of rotatable bonds is 4. The van der Waals surface area contributed by atoms with Gasteiger partial charge in [-0.1, -0.05) is 32.8 Å². The van der Waals surface area contributed by atoms with Crippen molar-refractivity contribution < 1.29 is 13.9 Å². The molecule has 0 radical (unpaired) electrons. The first-order valence-corrected chi connectivity index (χ1v) is 7.54. The summed E-state index contributed by atoms with van der Waals surface area (Å²) in [6.45, 7) is 5.18. The normalized spacial score (nSPS) is 21.0. The molecule has 1 aromatic carbocycles. The summed E-state index contributed by atoms with van der Waals surface area (Å²) in [5, 5.41) is 3.54. The van der Waals surface area contributed by atoms with Gasteiger partial charge in [-0.05, 0) is 36.0 Å². The molecule has 0 amide bonds. The molecule has 1 aromatic rings. The second kappa shape index (κ2) is 6.56. The lowest BCUT2D eigenvalue weighted by Crippen LogP contribution is -2.43. The smallest absolute Gasteiger partial charge is 0.340 e. The van der Waals surface area contributed by atoms with Crippen molar-refractivity contribution in [1.82, 2.24) is 5.32 Å². The zero-order valence-electron chi connectivity index (χ0n) is 13.0. The molecule has 4 heteroatoms. The summed E-state index contributed by atoms with van der Waals surface area (Å²) < 4.78 is 18.4. The Kier molecular flexibility index (Phi) is 4.99. The van der Waals surface area contributed by atoms with Crippen LogP contribution in [0.25, 0.3) is 0 Å². The van der Waals surface area contributed by atoms with Crippen molar-refractivity contribution in [3.8, 4) is 0 Å². The maximum absolute atomic E-state index is 13.9. The zero-order chi connectivity index (χ0) is 15.5. The molecule has 3 nitrogen and oxygen atoms in total. The minimum absolute atomic E-state index is 0.0146. The highest BCUT2D eigenvalue weighted by Gasteiger charge is 2.31. The summed E-state index contributed by atoms with van der Waals surface area (Å²) in [5.41, 5.74) is 1.11. The van der Waals surface area contributed by atoms with E-state index in [4.69, 9.17) is 0 Å². The van der Waals surface area contributed by atoms with E-state index in [1.807, 2.05) is 0 Å². The Morgan fingerprint density at radius 3 is 2.81 bits per heavy atom. The van der Waals surface area contributed by atoms with Crippen LogP contribution in [0.4, 0.5) is 4.39 Å². The third kappa shape index (κ3) is 3.82. The number of esters is 1. The van der Waals surface area contributed by atoms with Gasteiger partial charge in [0.05, 0.1) is 12.7 Å².